The molecule has 6 nitrogen and oxygen atoms in total. The summed E-state index contributed by atoms with van der Waals surface area (Å²) in [6, 6.07) is 1.73. The van der Waals surface area contributed by atoms with Gasteiger partial charge in [0.05, 0.1) is 0 Å². The minimum absolute atomic E-state index is 0.0975. The zero-order chi connectivity index (χ0) is 18.9. The van der Waals surface area contributed by atoms with Crippen molar-refractivity contribution in [1.29, 1.82) is 0 Å². The summed E-state index contributed by atoms with van der Waals surface area (Å²) < 4.78 is 26.9. The Morgan fingerprint density at radius 3 is 2.19 bits per heavy atom. The van der Waals surface area contributed by atoms with Crippen LogP contribution in [0, 0.1) is 0 Å². The Labute approximate surface area is 156 Å². The van der Waals surface area contributed by atoms with Gasteiger partial charge >= 0.3 is 6.03 Å². The van der Waals surface area contributed by atoms with Crippen LogP contribution < -0.4 is 10.0 Å². The van der Waals surface area contributed by atoms with E-state index in [1.807, 2.05) is 20.8 Å². The van der Waals surface area contributed by atoms with E-state index in [0.717, 1.165) is 44.2 Å². The molecule has 3 rings (SSSR count). The van der Waals surface area contributed by atoms with Crippen molar-refractivity contribution < 1.29 is 13.2 Å². The first-order chi connectivity index (χ1) is 12.3. The van der Waals surface area contributed by atoms with E-state index in [4.69, 9.17) is 0 Å². The molecule has 0 atom stereocenters. The molecule has 2 aliphatic rings. The number of hydrogen-bond acceptors (Lipinski definition) is 4. The Kier molecular flexibility index (Phi) is 5.58. The zero-order valence-electron chi connectivity index (χ0n) is 15.9. The van der Waals surface area contributed by atoms with E-state index in [9.17, 15) is 13.2 Å². The van der Waals surface area contributed by atoms with Crippen LogP contribution in [0.3, 0.4) is 0 Å². The summed E-state index contributed by atoms with van der Waals surface area (Å²) in [6.07, 6.45) is 6.15. The predicted octanol–water partition coefficient (Wildman–Crippen LogP) is 2.80. The van der Waals surface area contributed by atoms with Gasteiger partial charge in [-0.15, -0.1) is 0 Å². The van der Waals surface area contributed by atoms with Crippen molar-refractivity contribution in [1.82, 2.24) is 9.62 Å². The first-order valence-corrected chi connectivity index (χ1v) is 11.2. The standard InChI is InChI=1S/C19H29N3O3S/c1-4-22(13(2)3)12-26(24,25)21-19(23)20-18-16-9-5-7-14(16)11-15-8-6-10-17(15)18/h11,13H,4-10,12H2,1-3H3,(H2,20,21,23). The Morgan fingerprint density at radius 2 is 1.69 bits per heavy atom. The average molecular weight is 380 g/mol. The molecule has 0 fully saturated rings. The fraction of sp³-hybridized carbons (Fsp3) is 0.632. The van der Waals surface area contributed by atoms with Gasteiger partial charge in [0.25, 0.3) is 0 Å². The quantitative estimate of drug-likeness (QED) is 0.797. The van der Waals surface area contributed by atoms with Crippen LogP contribution >= 0.6 is 0 Å². The molecule has 2 aliphatic carbocycles. The highest BCUT2D eigenvalue weighted by atomic mass is 32.2. The van der Waals surface area contributed by atoms with E-state index >= 15 is 0 Å². The lowest BCUT2D eigenvalue weighted by Gasteiger charge is -2.24. The first kappa shape index (κ1) is 19.2. The molecule has 1 aromatic carbocycles. The van der Waals surface area contributed by atoms with E-state index in [0.29, 0.717) is 6.54 Å². The molecular formula is C19H29N3O3S. The number of hydrogen-bond donors (Lipinski definition) is 2. The Hall–Kier alpha value is -1.60. The van der Waals surface area contributed by atoms with E-state index < -0.39 is 16.1 Å². The third kappa shape index (κ3) is 4.04. The Balaban J connectivity index is 1.75. The highest BCUT2D eigenvalue weighted by Crippen LogP contribution is 2.38. The predicted molar refractivity (Wildman–Crippen MR) is 104 cm³/mol. The van der Waals surface area contributed by atoms with E-state index in [-0.39, 0.29) is 11.9 Å². The van der Waals surface area contributed by atoms with Crippen molar-refractivity contribution >= 4 is 21.7 Å². The highest BCUT2D eigenvalue weighted by Gasteiger charge is 2.26. The lowest BCUT2D eigenvalue weighted by atomic mass is 9.99. The molecule has 0 saturated heterocycles. The maximum atomic E-state index is 12.4. The molecule has 0 unspecified atom stereocenters. The summed E-state index contributed by atoms with van der Waals surface area (Å²) in [5.41, 5.74) is 5.85. The molecule has 2 amide bonds. The van der Waals surface area contributed by atoms with Crippen LogP contribution in [0.1, 0.15) is 55.9 Å². The lowest BCUT2D eigenvalue weighted by molar-refractivity contribution is 0.254. The molecule has 0 aromatic heterocycles. The molecular weight excluding hydrogens is 350 g/mol. The van der Waals surface area contributed by atoms with E-state index in [1.165, 1.54) is 22.3 Å². The van der Waals surface area contributed by atoms with Crippen LogP contribution in [-0.2, 0) is 35.7 Å². The summed E-state index contributed by atoms with van der Waals surface area (Å²) in [6.45, 7) is 6.40. The first-order valence-electron chi connectivity index (χ1n) is 9.52. The summed E-state index contributed by atoms with van der Waals surface area (Å²) in [5.74, 6) is -0.181. The van der Waals surface area contributed by atoms with E-state index in [2.05, 4.69) is 16.1 Å². The number of amides is 2. The number of carbonyl (C=O) groups excluding carboxylic acids is 1. The number of benzene rings is 1. The third-order valence-electron chi connectivity index (χ3n) is 5.43. The Bertz CT molecular complexity index is 770. The number of aryl methyl sites for hydroxylation is 2. The van der Waals surface area contributed by atoms with E-state index in [1.54, 1.807) is 4.90 Å². The van der Waals surface area contributed by atoms with Crippen molar-refractivity contribution in [2.45, 2.75) is 65.3 Å². The van der Waals surface area contributed by atoms with Crippen molar-refractivity contribution in [3.05, 3.63) is 28.3 Å². The number of nitrogens with one attached hydrogen (secondary N) is 2. The molecule has 26 heavy (non-hydrogen) atoms. The van der Waals surface area contributed by atoms with Crippen molar-refractivity contribution in [3.63, 3.8) is 0 Å². The fourth-order valence-corrected chi connectivity index (χ4v) is 5.42. The number of sulfonamides is 1. The van der Waals surface area contributed by atoms with Crippen LogP contribution in [0.5, 0.6) is 0 Å². The van der Waals surface area contributed by atoms with Gasteiger partial charge in [0, 0.05) is 11.7 Å². The monoisotopic (exact) mass is 379 g/mol. The third-order valence-corrected chi connectivity index (χ3v) is 6.60. The van der Waals surface area contributed by atoms with Crippen LogP contribution in [-0.4, -0.2) is 37.8 Å². The number of nitrogens with zero attached hydrogens (tertiary/aromatic N) is 1. The maximum absolute atomic E-state index is 12.4. The lowest BCUT2D eigenvalue weighted by Crippen LogP contribution is -2.43. The molecule has 7 heteroatoms. The maximum Gasteiger partial charge on any atom is 0.332 e. The van der Waals surface area contributed by atoms with Gasteiger partial charge in [-0.3, -0.25) is 4.90 Å². The van der Waals surface area contributed by atoms with Gasteiger partial charge < -0.3 is 5.32 Å². The van der Waals surface area contributed by atoms with Gasteiger partial charge in [-0.25, -0.2) is 17.9 Å². The van der Waals surface area contributed by atoms with Crippen LogP contribution in [0.25, 0.3) is 0 Å². The summed E-state index contributed by atoms with van der Waals surface area (Å²) in [4.78, 5) is 14.2. The molecule has 0 spiro atoms. The van der Waals surface area contributed by atoms with Crippen molar-refractivity contribution in [3.8, 4) is 0 Å². The van der Waals surface area contributed by atoms with Gasteiger partial charge in [0.1, 0.15) is 5.88 Å². The second-order valence-corrected chi connectivity index (χ2v) is 9.22. The largest absolute Gasteiger partial charge is 0.332 e. The highest BCUT2D eigenvalue weighted by molar-refractivity contribution is 7.89. The summed E-state index contributed by atoms with van der Waals surface area (Å²) >= 11 is 0. The van der Waals surface area contributed by atoms with Gasteiger partial charge in [0.15, 0.2) is 0 Å². The molecule has 144 valence electrons. The van der Waals surface area contributed by atoms with Crippen molar-refractivity contribution in [2.75, 3.05) is 17.7 Å². The molecule has 0 radical (unpaired) electrons. The van der Waals surface area contributed by atoms with Gasteiger partial charge in [-0.2, -0.15) is 0 Å². The number of rotatable bonds is 6. The molecule has 0 saturated carbocycles. The topological polar surface area (TPSA) is 78.5 Å². The fourth-order valence-electron chi connectivity index (χ4n) is 4.10. The number of fused-ring (bicyclic) bond motifs is 2. The smallest absolute Gasteiger partial charge is 0.307 e. The number of urea groups is 1. The number of anilines is 1. The SMILES string of the molecule is CCN(CS(=O)(=O)NC(=O)Nc1c2c(cc3c1CCC3)CCC2)C(C)C. The van der Waals surface area contributed by atoms with Crippen LogP contribution in [0.4, 0.5) is 10.5 Å². The molecule has 0 heterocycles. The van der Waals surface area contributed by atoms with Gasteiger partial charge in [-0.1, -0.05) is 13.0 Å². The second kappa shape index (κ2) is 7.56. The second-order valence-electron chi connectivity index (χ2n) is 7.53. The minimum Gasteiger partial charge on any atom is -0.307 e. The van der Waals surface area contributed by atoms with Gasteiger partial charge in [0.2, 0.25) is 10.0 Å². The van der Waals surface area contributed by atoms with Crippen LogP contribution in [0.15, 0.2) is 6.07 Å². The average Bonchev–Trinajstić information content (AvgIpc) is 3.20. The van der Waals surface area contributed by atoms with Crippen LogP contribution in [0.2, 0.25) is 0 Å². The molecule has 1 aromatic rings. The summed E-state index contributed by atoms with van der Waals surface area (Å²) in [5, 5.41) is 2.87. The molecule has 0 aliphatic heterocycles. The number of carbonyl (C=O) groups is 1. The normalized spacial score (nSPS) is 16.0. The van der Waals surface area contributed by atoms with Gasteiger partial charge in [-0.05, 0) is 81.2 Å². The summed E-state index contributed by atoms with van der Waals surface area (Å²) in [7, 11) is -3.72. The Morgan fingerprint density at radius 1 is 1.12 bits per heavy atom. The molecule has 2 N–H and O–H groups in total. The zero-order valence-corrected chi connectivity index (χ0v) is 16.7. The minimum atomic E-state index is -3.72. The molecule has 0 bridgehead atoms. The van der Waals surface area contributed by atoms with Crippen molar-refractivity contribution in [2.24, 2.45) is 0 Å².